The minimum Gasteiger partial charge on any atom is -0.459 e. The zero-order valence-corrected chi connectivity index (χ0v) is 8.79. The van der Waals surface area contributed by atoms with Crippen LogP contribution in [0.3, 0.4) is 0 Å². The summed E-state index contributed by atoms with van der Waals surface area (Å²) in [5.74, 6) is 0.898. The molecular weight excluding hydrogens is 188 g/mol. The van der Waals surface area contributed by atoms with E-state index in [2.05, 4.69) is 11.4 Å². The SMILES string of the molecule is CNCc1oc2cccc(C#N)c2c1C. The van der Waals surface area contributed by atoms with E-state index >= 15 is 0 Å². The summed E-state index contributed by atoms with van der Waals surface area (Å²) in [6.45, 7) is 2.67. The normalized spacial score (nSPS) is 10.5. The van der Waals surface area contributed by atoms with Gasteiger partial charge < -0.3 is 9.73 Å². The van der Waals surface area contributed by atoms with Gasteiger partial charge in [0.2, 0.25) is 0 Å². The maximum Gasteiger partial charge on any atom is 0.135 e. The van der Waals surface area contributed by atoms with Crippen LogP contribution in [-0.4, -0.2) is 7.05 Å². The summed E-state index contributed by atoms with van der Waals surface area (Å²) >= 11 is 0. The molecule has 0 fully saturated rings. The van der Waals surface area contributed by atoms with Crippen molar-refractivity contribution in [1.29, 1.82) is 5.26 Å². The minimum absolute atomic E-state index is 0.677. The van der Waals surface area contributed by atoms with E-state index < -0.39 is 0 Å². The summed E-state index contributed by atoms with van der Waals surface area (Å²) in [6.07, 6.45) is 0. The van der Waals surface area contributed by atoms with Crippen LogP contribution in [0.1, 0.15) is 16.9 Å². The molecule has 0 saturated carbocycles. The second-order valence-corrected chi connectivity index (χ2v) is 3.47. The average molecular weight is 200 g/mol. The molecule has 0 spiro atoms. The van der Waals surface area contributed by atoms with Crippen molar-refractivity contribution in [3.63, 3.8) is 0 Å². The van der Waals surface area contributed by atoms with Crippen LogP contribution in [0.15, 0.2) is 22.6 Å². The third-order valence-corrected chi connectivity index (χ3v) is 2.51. The van der Waals surface area contributed by atoms with Gasteiger partial charge in [0.05, 0.1) is 18.2 Å². The second kappa shape index (κ2) is 3.76. The Bertz CT molecular complexity index is 534. The van der Waals surface area contributed by atoms with Crippen LogP contribution in [-0.2, 0) is 6.54 Å². The molecule has 1 N–H and O–H groups in total. The molecule has 0 atom stereocenters. The van der Waals surface area contributed by atoms with Crippen LogP contribution in [0.4, 0.5) is 0 Å². The Labute approximate surface area is 88.3 Å². The van der Waals surface area contributed by atoms with Gasteiger partial charge in [-0.1, -0.05) is 6.07 Å². The number of hydrogen-bond acceptors (Lipinski definition) is 3. The molecule has 0 saturated heterocycles. The molecule has 0 aliphatic carbocycles. The molecule has 0 aliphatic rings. The molecule has 0 aliphatic heterocycles. The number of nitrogens with one attached hydrogen (secondary N) is 1. The van der Waals surface area contributed by atoms with Gasteiger partial charge in [0, 0.05) is 10.9 Å². The van der Waals surface area contributed by atoms with Crippen molar-refractivity contribution >= 4 is 11.0 Å². The van der Waals surface area contributed by atoms with E-state index in [1.165, 1.54) is 0 Å². The second-order valence-electron chi connectivity index (χ2n) is 3.47. The molecular formula is C12H12N2O. The quantitative estimate of drug-likeness (QED) is 0.809. The number of hydrogen-bond donors (Lipinski definition) is 1. The fraction of sp³-hybridized carbons (Fsp3) is 0.250. The summed E-state index contributed by atoms with van der Waals surface area (Å²) in [4.78, 5) is 0. The van der Waals surface area contributed by atoms with Crippen LogP contribution in [0.25, 0.3) is 11.0 Å². The fourth-order valence-electron chi connectivity index (χ4n) is 1.77. The molecule has 0 amide bonds. The molecule has 76 valence electrons. The Morgan fingerprint density at radius 3 is 2.93 bits per heavy atom. The molecule has 2 aromatic rings. The molecule has 0 bridgehead atoms. The molecule has 0 radical (unpaired) electrons. The van der Waals surface area contributed by atoms with E-state index in [0.29, 0.717) is 12.1 Å². The van der Waals surface area contributed by atoms with E-state index in [-0.39, 0.29) is 0 Å². The van der Waals surface area contributed by atoms with E-state index in [0.717, 1.165) is 22.3 Å². The van der Waals surface area contributed by atoms with Crippen LogP contribution in [0.5, 0.6) is 0 Å². The summed E-state index contributed by atoms with van der Waals surface area (Å²) in [5.41, 5.74) is 2.52. The molecule has 1 aromatic carbocycles. The monoisotopic (exact) mass is 200 g/mol. The number of nitriles is 1. The fourth-order valence-corrected chi connectivity index (χ4v) is 1.77. The topological polar surface area (TPSA) is 49.0 Å². The number of nitrogens with zero attached hydrogens (tertiary/aromatic N) is 1. The van der Waals surface area contributed by atoms with Gasteiger partial charge >= 0.3 is 0 Å². The predicted octanol–water partition coefficient (Wildman–Crippen LogP) is 2.33. The van der Waals surface area contributed by atoms with Gasteiger partial charge in [0.1, 0.15) is 11.3 Å². The Hall–Kier alpha value is -1.79. The predicted molar refractivity (Wildman–Crippen MR) is 58.4 cm³/mol. The van der Waals surface area contributed by atoms with Gasteiger partial charge in [-0.2, -0.15) is 5.26 Å². The van der Waals surface area contributed by atoms with Crippen LogP contribution in [0.2, 0.25) is 0 Å². The lowest BCUT2D eigenvalue weighted by Gasteiger charge is -1.95. The molecule has 2 rings (SSSR count). The standard InChI is InChI=1S/C12H12N2O/c1-8-11(7-14-2)15-10-5-3-4-9(6-13)12(8)10/h3-5,14H,7H2,1-2H3. The first-order chi connectivity index (χ1) is 7.27. The van der Waals surface area contributed by atoms with E-state index in [4.69, 9.17) is 9.68 Å². The average Bonchev–Trinajstić information content (AvgIpc) is 2.57. The lowest BCUT2D eigenvalue weighted by atomic mass is 10.1. The molecule has 0 unspecified atom stereocenters. The number of aryl methyl sites for hydroxylation is 1. The van der Waals surface area contributed by atoms with Crippen LogP contribution >= 0.6 is 0 Å². The largest absolute Gasteiger partial charge is 0.459 e. The van der Waals surface area contributed by atoms with Gasteiger partial charge in [-0.15, -0.1) is 0 Å². The zero-order chi connectivity index (χ0) is 10.8. The number of fused-ring (bicyclic) bond motifs is 1. The first-order valence-corrected chi connectivity index (χ1v) is 4.83. The van der Waals surface area contributed by atoms with Crippen molar-refractivity contribution in [3.05, 3.63) is 35.1 Å². The van der Waals surface area contributed by atoms with Crippen LogP contribution < -0.4 is 5.32 Å². The highest BCUT2D eigenvalue weighted by Crippen LogP contribution is 2.27. The number of furan rings is 1. The van der Waals surface area contributed by atoms with Crippen molar-refractivity contribution in [2.24, 2.45) is 0 Å². The molecule has 3 nitrogen and oxygen atoms in total. The summed E-state index contributed by atoms with van der Waals surface area (Å²) in [6, 6.07) is 7.73. The van der Waals surface area contributed by atoms with Crippen molar-refractivity contribution in [1.82, 2.24) is 5.32 Å². The van der Waals surface area contributed by atoms with Gasteiger partial charge in [-0.3, -0.25) is 0 Å². The Balaban J connectivity index is 2.72. The van der Waals surface area contributed by atoms with E-state index in [9.17, 15) is 0 Å². The van der Waals surface area contributed by atoms with Crippen molar-refractivity contribution in [2.45, 2.75) is 13.5 Å². The van der Waals surface area contributed by atoms with E-state index in [1.807, 2.05) is 32.2 Å². The molecule has 3 heteroatoms. The minimum atomic E-state index is 0.677. The van der Waals surface area contributed by atoms with Gasteiger partial charge in [-0.05, 0) is 26.1 Å². The Kier molecular flexibility index (Phi) is 2.44. The number of benzene rings is 1. The van der Waals surface area contributed by atoms with Crippen molar-refractivity contribution in [3.8, 4) is 6.07 Å². The highest BCUT2D eigenvalue weighted by atomic mass is 16.3. The maximum absolute atomic E-state index is 8.99. The van der Waals surface area contributed by atoms with Crippen molar-refractivity contribution in [2.75, 3.05) is 7.05 Å². The maximum atomic E-state index is 8.99. The summed E-state index contributed by atoms with van der Waals surface area (Å²) < 4.78 is 5.67. The first-order valence-electron chi connectivity index (χ1n) is 4.83. The lowest BCUT2D eigenvalue weighted by Crippen LogP contribution is -2.04. The van der Waals surface area contributed by atoms with Gasteiger partial charge in [0.15, 0.2) is 0 Å². The van der Waals surface area contributed by atoms with E-state index in [1.54, 1.807) is 0 Å². The molecule has 1 heterocycles. The third kappa shape index (κ3) is 1.49. The molecule has 1 aromatic heterocycles. The highest BCUT2D eigenvalue weighted by Gasteiger charge is 2.12. The van der Waals surface area contributed by atoms with Crippen molar-refractivity contribution < 1.29 is 4.42 Å². The van der Waals surface area contributed by atoms with Crippen LogP contribution in [0, 0.1) is 18.3 Å². The third-order valence-electron chi connectivity index (χ3n) is 2.51. The van der Waals surface area contributed by atoms with Gasteiger partial charge in [-0.25, -0.2) is 0 Å². The Morgan fingerprint density at radius 2 is 2.27 bits per heavy atom. The lowest BCUT2D eigenvalue weighted by molar-refractivity contribution is 0.527. The number of rotatable bonds is 2. The Morgan fingerprint density at radius 1 is 1.47 bits per heavy atom. The van der Waals surface area contributed by atoms with Gasteiger partial charge in [0.25, 0.3) is 0 Å². The summed E-state index contributed by atoms with van der Waals surface area (Å²) in [5, 5.41) is 13.0. The molecule has 15 heavy (non-hydrogen) atoms. The summed E-state index contributed by atoms with van der Waals surface area (Å²) in [7, 11) is 1.87. The highest BCUT2D eigenvalue weighted by molar-refractivity contribution is 5.87. The smallest absolute Gasteiger partial charge is 0.135 e. The zero-order valence-electron chi connectivity index (χ0n) is 8.79. The first kappa shape index (κ1) is 9.75.